The summed E-state index contributed by atoms with van der Waals surface area (Å²) in [4.78, 5) is 16.1. The van der Waals surface area contributed by atoms with E-state index in [9.17, 15) is 4.79 Å². The van der Waals surface area contributed by atoms with Gasteiger partial charge in [-0.15, -0.1) is 11.3 Å². The number of thiazole rings is 1. The number of benzene rings is 2. The molecule has 0 bridgehead atoms. The van der Waals surface area contributed by atoms with Gasteiger partial charge in [-0.25, -0.2) is 9.78 Å². The molecule has 0 saturated carbocycles. The number of aryl methyl sites for hydroxylation is 1. The molecule has 1 N–H and O–H groups in total. The highest BCUT2D eigenvalue weighted by Gasteiger charge is 2.10. The van der Waals surface area contributed by atoms with E-state index in [1.807, 2.05) is 49.4 Å². The predicted octanol–water partition coefficient (Wildman–Crippen LogP) is 4.48. The molecule has 152 valence electrons. The van der Waals surface area contributed by atoms with Gasteiger partial charge in [0.05, 0.1) is 17.3 Å². The van der Waals surface area contributed by atoms with Crippen molar-refractivity contribution in [1.29, 1.82) is 0 Å². The van der Waals surface area contributed by atoms with Crippen molar-refractivity contribution in [3.05, 3.63) is 46.5 Å². The summed E-state index contributed by atoms with van der Waals surface area (Å²) < 4.78 is 22.0. The van der Waals surface area contributed by atoms with E-state index in [1.54, 1.807) is 14.2 Å². The molecule has 0 saturated heterocycles. The number of hydrogen-bond acceptors (Lipinski definition) is 7. The lowest BCUT2D eigenvalue weighted by atomic mass is 10.2. The van der Waals surface area contributed by atoms with Crippen molar-refractivity contribution in [2.75, 3.05) is 28.1 Å². The Kier molecular flexibility index (Phi) is 6.69. The van der Waals surface area contributed by atoms with Crippen LogP contribution in [0.1, 0.15) is 16.1 Å². The van der Waals surface area contributed by atoms with Gasteiger partial charge in [-0.2, -0.15) is 0 Å². The van der Waals surface area contributed by atoms with Crippen LogP contribution in [-0.4, -0.2) is 39.1 Å². The van der Waals surface area contributed by atoms with Gasteiger partial charge in [0.1, 0.15) is 10.8 Å². The van der Waals surface area contributed by atoms with Crippen LogP contribution in [0.25, 0.3) is 22.4 Å². The first kappa shape index (κ1) is 20.6. The molecule has 8 heteroatoms. The average Bonchev–Trinajstić information content (AvgIpc) is 3.12. The molecule has 0 aliphatic heterocycles. The normalized spacial score (nSPS) is 11.0. The lowest BCUT2D eigenvalue weighted by Gasteiger charge is -2.10. The van der Waals surface area contributed by atoms with Gasteiger partial charge in [0, 0.05) is 20.2 Å². The van der Waals surface area contributed by atoms with Gasteiger partial charge in [0.2, 0.25) is 0 Å². The topological polar surface area (TPSA) is 78.9 Å². The zero-order valence-electron chi connectivity index (χ0n) is 16.6. The van der Waals surface area contributed by atoms with Gasteiger partial charge < -0.3 is 24.3 Å². The van der Waals surface area contributed by atoms with Crippen molar-refractivity contribution in [2.24, 2.45) is 0 Å². The first-order chi connectivity index (χ1) is 14.0. The molecule has 2 aromatic carbocycles. The number of aromatic nitrogens is 1. The van der Waals surface area contributed by atoms with Crippen molar-refractivity contribution in [2.45, 2.75) is 6.92 Å². The van der Waals surface area contributed by atoms with Gasteiger partial charge in [-0.05, 0) is 42.3 Å². The molecule has 1 aromatic heterocycles. The third-order valence-electron chi connectivity index (χ3n) is 4.05. The summed E-state index contributed by atoms with van der Waals surface area (Å²) >= 11 is 1.52. The second-order valence-electron chi connectivity index (χ2n) is 6.07. The smallest absolute Gasteiger partial charge is 0.412 e. The molecular weight excluding hydrogens is 392 g/mol. The predicted molar refractivity (Wildman–Crippen MR) is 114 cm³/mol. The molecular formula is C21H22N2O5S. The lowest BCUT2D eigenvalue weighted by molar-refractivity contribution is 0.0491. The minimum absolute atomic E-state index is 0.155. The Morgan fingerprint density at radius 2 is 1.97 bits per heavy atom. The van der Waals surface area contributed by atoms with E-state index in [2.05, 4.69) is 10.3 Å². The van der Waals surface area contributed by atoms with Crippen molar-refractivity contribution in [3.63, 3.8) is 0 Å². The van der Waals surface area contributed by atoms with E-state index in [4.69, 9.17) is 18.9 Å². The van der Waals surface area contributed by atoms with Crippen LogP contribution in [0.4, 0.5) is 4.79 Å². The van der Waals surface area contributed by atoms with Crippen LogP contribution < -0.4 is 19.5 Å². The highest BCUT2D eigenvalue weighted by Crippen LogP contribution is 2.32. The van der Waals surface area contributed by atoms with Gasteiger partial charge in [0.25, 0.3) is 0 Å². The molecule has 0 fully saturated rings. The molecule has 0 unspecified atom stereocenters. The zero-order valence-corrected chi connectivity index (χ0v) is 17.5. The Bertz CT molecular complexity index is 1040. The standard InChI is InChI=1S/C21H22N2O5S/c1-13-9-15-19(11-17(13)28-21(24)22-2)29-20(23-15)8-6-14-5-7-16(27-12-25-3)18(10-14)26-4/h5-11H,12H2,1-4H3,(H,22,24). The number of carbonyl (C=O) groups is 1. The van der Waals surface area contributed by atoms with Crippen molar-refractivity contribution >= 4 is 39.8 Å². The van der Waals surface area contributed by atoms with Gasteiger partial charge >= 0.3 is 6.09 Å². The van der Waals surface area contributed by atoms with Gasteiger partial charge in [-0.1, -0.05) is 12.1 Å². The summed E-state index contributed by atoms with van der Waals surface area (Å²) in [5.41, 5.74) is 2.65. The van der Waals surface area contributed by atoms with Gasteiger partial charge in [0.15, 0.2) is 18.3 Å². The van der Waals surface area contributed by atoms with E-state index in [0.29, 0.717) is 17.2 Å². The van der Waals surface area contributed by atoms with Crippen LogP contribution in [0.15, 0.2) is 30.3 Å². The molecule has 3 rings (SSSR count). The number of fused-ring (bicyclic) bond motifs is 1. The fourth-order valence-electron chi connectivity index (χ4n) is 2.61. The van der Waals surface area contributed by atoms with E-state index < -0.39 is 6.09 Å². The zero-order chi connectivity index (χ0) is 20.8. The second-order valence-corrected chi connectivity index (χ2v) is 7.13. The Morgan fingerprint density at radius 1 is 1.14 bits per heavy atom. The molecule has 0 aliphatic rings. The fraction of sp³-hybridized carbons (Fsp3) is 0.238. The number of methoxy groups -OCH3 is 2. The first-order valence-corrected chi connectivity index (χ1v) is 9.64. The third kappa shape index (κ3) is 5.04. The summed E-state index contributed by atoms with van der Waals surface area (Å²) in [6.07, 6.45) is 3.39. The van der Waals surface area contributed by atoms with Crippen molar-refractivity contribution < 1.29 is 23.7 Å². The fourth-order valence-corrected chi connectivity index (χ4v) is 3.49. The maximum absolute atomic E-state index is 11.5. The minimum atomic E-state index is -0.496. The van der Waals surface area contributed by atoms with Crippen LogP contribution in [0.3, 0.4) is 0 Å². The molecule has 29 heavy (non-hydrogen) atoms. The van der Waals surface area contributed by atoms with Crippen LogP contribution >= 0.6 is 11.3 Å². The third-order valence-corrected chi connectivity index (χ3v) is 5.03. The van der Waals surface area contributed by atoms with Crippen LogP contribution in [0.5, 0.6) is 17.2 Å². The summed E-state index contributed by atoms with van der Waals surface area (Å²) in [7, 11) is 4.69. The Labute approximate surface area is 172 Å². The Balaban J connectivity index is 1.82. The Morgan fingerprint density at radius 3 is 2.69 bits per heavy atom. The Hall–Kier alpha value is -3.10. The molecule has 7 nitrogen and oxygen atoms in total. The largest absolute Gasteiger partial charge is 0.493 e. The molecule has 0 atom stereocenters. The summed E-state index contributed by atoms with van der Waals surface area (Å²) in [6.45, 7) is 2.04. The van der Waals surface area contributed by atoms with E-state index in [1.165, 1.54) is 18.4 Å². The summed E-state index contributed by atoms with van der Waals surface area (Å²) in [5.74, 6) is 1.76. The quantitative estimate of drug-likeness (QED) is 0.574. The van der Waals surface area contributed by atoms with E-state index in [0.717, 1.165) is 26.4 Å². The van der Waals surface area contributed by atoms with Crippen molar-refractivity contribution in [3.8, 4) is 17.2 Å². The number of nitrogens with one attached hydrogen (secondary N) is 1. The maximum Gasteiger partial charge on any atom is 0.412 e. The number of amides is 1. The molecule has 0 radical (unpaired) electrons. The highest BCUT2D eigenvalue weighted by molar-refractivity contribution is 7.19. The average molecular weight is 414 g/mol. The number of ether oxygens (including phenoxy) is 4. The SMILES string of the molecule is CNC(=O)Oc1cc2sc(C=Cc3ccc(OCOC)c(OC)c3)nc2cc1C. The molecule has 0 aliphatic carbocycles. The molecule has 0 spiro atoms. The summed E-state index contributed by atoms with van der Waals surface area (Å²) in [6, 6.07) is 9.39. The highest BCUT2D eigenvalue weighted by atomic mass is 32.1. The monoisotopic (exact) mass is 414 g/mol. The number of hydrogen-bond donors (Lipinski definition) is 1. The van der Waals surface area contributed by atoms with E-state index in [-0.39, 0.29) is 6.79 Å². The van der Waals surface area contributed by atoms with Crippen molar-refractivity contribution in [1.82, 2.24) is 10.3 Å². The second kappa shape index (κ2) is 9.40. The number of carbonyl (C=O) groups excluding carboxylic acids is 1. The molecule has 3 aromatic rings. The number of rotatable bonds is 7. The van der Waals surface area contributed by atoms with Crippen LogP contribution in [0.2, 0.25) is 0 Å². The molecule has 1 amide bonds. The van der Waals surface area contributed by atoms with E-state index >= 15 is 0 Å². The maximum atomic E-state index is 11.5. The first-order valence-electron chi connectivity index (χ1n) is 8.82. The lowest BCUT2D eigenvalue weighted by Crippen LogP contribution is -2.22. The van der Waals surface area contributed by atoms with Crippen LogP contribution in [0, 0.1) is 6.92 Å². The summed E-state index contributed by atoms with van der Waals surface area (Å²) in [5, 5.41) is 3.29. The number of nitrogens with zero attached hydrogens (tertiary/aromatic N) is 1. The minimum Gasteiger partial charge on any atom is -0.493 e. The van der Waals surface area contributed by atoms with Gasteiger partial charge in [-0.3, -0.25) is 0 Å². The molecule has 1 heterocycles. The van der Waals surface area contributed by atoms with Crippen LogP contribution in [-0.2, 0) is 4.74 Å².